The van der Waals surface area contributed by atoms with Crippen molar-refractivity contribution < 1.29 is 9.53 Å². The smallest absolute Gasteiger partial charge is 0.227 e. The molecule has 2 aromatic heterocycles. The van der Waals surface area contributed by atoms with Gasteiger partial charge >= 0.3 is 0 Å². The predicted molar refractivity (Wildman–Crippen MR) is 116 cm³/mol. The number of nitrogens with zero attached hydrogens (tertiary/aromatic N) is 5. The third-order valence-electron chi connectivity index (χ3n) is 5.61. The Morgan fingerprint density at radius 1 is 1.27 bits per heavy atom. The Kier molecular flexibility index (Phi) is 5.72. The number of aryl methyl sites for hydroxylation is 1. The minimum atomic E-state index is 0.00972. The Hall–Kier alpha value is -2.93. The van der Waals surface area contributed by atoms with Crippen molar-refractivity contribution in [3.8, 4) is 5.75 Å². The number of benzene rings is 1. The first-order valence-corrected chi connectivity index (χ1v) is 10.4. The number of amides is 1. The molecule has 1 aliphatic heterocycles. The summed E-state index contributed by atoms with van der Waals surface area (Å²) in [5, 5.41) is 4.71. The molecule has 0 radical (unpaired) electrons. The molecule has 0 unspecified atom stereocenters. The molecule has 30 heavy (non-hydrogen) atoms. The van der Waals surface area contributed by atoms with Crippen molar-refractivity contribution in [2.24, 2.45) is 0 Å². The van der Waals surface area contributed by atoms with E-state index in [2.05, 4.69) is 9.88 Å². The van der Waals surface area contributed by atoms with Gasteiger partial charge in [0.2, 0.25) is 5.91 Å². The van der Waals surface area contributed by atoms with Crippen LogP contribution in [0.25, 0.3) is 5.65 Å². The zero-order valence-corrected chi connectivity index (χ0v) is 18.1. The fraction of sp³-hybridized carbons (Fsp3) is 0.435. The number of rotatable bonds is 6. The Morgan fingerprint density at radius 3 is 2.73 bits per heavy atom. The highest BCUT2D eigenvalue weighted by Gasteiger charge is 2.33. The number of fused-ring (bicyclic) bond motifs is 1. The van der Waals surface area contributed by atoms with Gasteiger partial charge in [0.15, 0.2) is 5.65 Å². The zero-order valence-electron chi connectivity index (χ0n) is 18.1. The molecule has 4 rings (SSSR count). The summed E-state index contributed by atoms with van der Waals surface area (Å²) in [4.78, 5) is 22.0. The Morgan fingerprint density at radius 2 is 2.03 bits per heavy atom. The van der Waals surface area contributed by atoms with Crippen LogP contribution in [0.2, 0.25) is 0 Å². The summed E-state index contributed by atoms with van der Waals surface area (Å²) in [6.07, 6.45) is 4.25. The van der Waals surface area contributed by atoms with Crippen LogP contribution >= 0.6 is 0 Å². The third kappa shape index (κ3) is 4.03. The molecule has 0 aliphatic carbocycles. The van der Waals surface area contributed by atoms with Crippen LogP contribution in [0.15, 0.2) is 36.5 Å². The minimum Gasteiger partial charge on any atom is -0.497 e. The van der Waals surface area contributed by atoms with Crippen molar-refractivity contribution in [2.45, 2.75) is 38.8 Å². The monoisotopic (exact) mass is 407 g/mol. The summed E-state index contributed by atoms with van der Waals surface area (Å²) >= 11 is 0. The lowest BCUT2D eigenvalue weighted by Crippen LogP contribution is -2.33. The molecule has 0 N–H and O–H groups in total. The van der Waals surface area contributed by atoms with E-state index in [0.717, 1.165) is 59.8 Å². The van der Waals surface area contributed by atoms with Crippen LogP contribution in [0.1, 0.15) is 41.4 Å². The SMILES string of the molecule is COc1ccc(CC(=O)N2CCC[C@@H]2c2c(CN(C)C)cnc3cc(C)nn23)cc1. The number of carbonyl (C=O) groups is 1. The number of hydrogen-bond acceptors (Lipinski definition) is 5. The van der Waals surface area contributed by atoms with E-state index < -0.39 is 0 Å². The molecular weight excluding hydrogens is 378 g/mol. The summed E-state index contributed by atoms with van der Waals surface area (Å²) < 4.78 is 7.16. The molecular formula is C23H29N5O2. The van der Waals surface area contributed by atoms with E-state index in [1.807, 2.05) is 67.0 Å². The largest absolute Gasteiger partial charge is 0.497 e. The van der Waals surface area contributed by atoms with Crippen LogP contribution in [-0.2, 0) is 17.8 Å². The van der Waals surface area contributed by atoms with Crippen molar-refractivity contribution in [3.63, 3.8) is 0 Å². The number of methoxy groups -OCH3 is 1. The standard InChI is InChI=1S/C23H29N5O2/c1-16-12-21-24-14-18(15-26(2)3)23(28(21)25-16)20-6-5-11-27(20)22(29)13-17-7-9-19(30-4)10-8-17/h7-10,12,14,20H,5-6,11,13,15H2,1-4H3/t20-/m1/s1. The molecule has 7 heteroatoms. The van der Waals surface area contributed by atoms with E-state index in [1.54, 1.807) is 7.11 Å². The van der Waals surface area contributed by atoms with Crippen molar-refractivity contribution in [1.82, 2.24) is 24.4 Å². The van der Waals surface area contributed by atoms with Gasteiger partial charge in [0, 0.05) is 30.9 Å². The Balaban J connectivity index is 1.66. The maximum atomic E-state index is 13.3. The first kappa shape index (κ1) is 20.3. The quantitative estimate of drug-likeness (QED) is 0.629. The molecule has 158 valence electrons. The fourth-order valence-corrected chi connectivity index (χ4v) is 4.29. The number of likely N-dealkylation sites (tertiary alicyclic amines) is 1. The van der Waals surface area contributed by atoms with Crippen LogP contribution < -0.4 is 4.74 Å². The van der Waals surface area contributed by atoms with Gasteiger partial charge in [-0.2, -0.15) is 5.10 Å². The number of aromatic nitrogens is 3. The van der Waals surface area contributed by atoms with Crippen LogP contribution in [0, 0.1) is 6.92 Å². The number of carbonyl (C=O) groups excluding carboxylic acids is 1. The normalized spacial score (nSPS) is 16.6. The molecule has 1 atom stereocenters. The summed E-state index contributed by atoms with van der Waals surface area (Å²) in [5.74, 6) is 0.944. The molecule has 7 nitrogen and oxygen atoms in total. The Labute approximate surface area is 177 Å². The highest BCUT2D eigenvalue weighted by molar-refractivity contribution is 5.79. The van der Waals surface area contributed by atoms with E-state index >= 15 is 0 Å². The van der Waals surface area contributed by atoms with Gasteiger partial charge in [0.05, 0.1) is 31.0 Å². The van der Waals surface area contributed by atoms with Gasteiger partial charge in [-0.3, -0.25) is 4.79 Å². The van der Waals surface area contributed by atoms with Crippen LogP contribution in [0.3, 0.4) is 0 Å². The first-order chi connectivity index (χ1) is 14.5. The molecule has 3 aromatic rings. The lowest BCUT2D eigenvalue weighted by Gasteiger charge is -2.28. The van der Waals surface area contributed by atoms with Gasteiger partial charge in [-0.05, 0) is 51.6 Å². The minimum absolute atomic E-state index is 0.00972. The second-order valence-electron chi connectivity index (χ2n) is 8.23. The van der Waals surface area contributed by atoms with Gasteiger partial charge in [0.25, 0.3) is 0 Å². The van der Waals surface area contributed by atoms with Gasteiger partial charge in [-0.1, -0.05) is 12.1 Å². The molecule has 1 fully saturated rings. The maximum absolute atomic E-state index is 13.3. The summed E-state index contributed by atoms with van der Waals surface area (Å²) in [6, 6.07) is 9.72. The highest BCUT2D eigenvalue weighted by atomic mass is 16.5. The average Bonchev–Trinajstić information content (AvgIpc) is 3.34. The lowest BCUT2D eigenvalue weighted by molar-refractivity contribution is -0.131. The van der Waals surface area contributed by atoms with Gasteiger partial charge in [0.1, 0.15) is 5.75 Å². The first-order valence-electron chi connectivity index (χ1n) is 10.4. The van der Waals surface area contributed by atoms with Crippen LogP contribution in [-0.4, -0.2) is 58.1 Å². The Bertz CT molecular complexity index is 1040. The average molecular weight is 408 g/mol. The van der Waals surface area contributed by atoms with Crippen LogP contribution in [0.4, 0.5) is 0 Å². The lowest BCUT2D eigenvalue weighted by atomic mass is 10.0. The molecule has 1 amide bonds. The zero-order chi connectivity index (χ0) is 21.3. The van der Waals surface area contributed by atoms with E-state index in [1.165, 1.54) is 0 Å². The molecule has 1 aliphatic rings. The van der Waals surface area contributed by atoms with Crippen molar-refractivity contribution in [3.05, 3.63) is 59.0 Å². The fourth-order valence-electron chi connectivity index (χ4n) is 4.29. The highest BCUT2D eigenvalue weighted by Crippen LogP contribution is 2.35. The predicted octanol–water partition coefficient (Wildman–Crippen LogP) is 3.01. The number of ether oxygens (including phenoxy) is 1. The molecule has 0 bridgehead atoms. The van der Waals surface area contributed by atoms with E-state index in [0.29, 0.717) is 6.42 Å². The van der Waals surface area contributed by atoms with Gasteiger partial charge in [-0.15, -0.1) is 0 Å². The van der Waals surface area contributed by atoms with Crippen molar-refractivity contribution in [1.29, 1.82) is 0 Å². The molecule has 3 heterocycles. The van der Waals surface area contributed by atoms with E-state index in [4.69, 9.17) is 9.84 Å². The van der Waals surface area contributed by atoms with Gasteiger partial charge in [-0.25, -0.2) is 9.50 Å². The number of hydrogen-bond donors (Lipinski definition) is 0. The molecule has 1 aromatic carbocycles. The van der Waals surface area contributed by atoms with Crippen molar-refractivity contribution >= 4 is 11.6 Å². The second-order valence-corrected chi connectivity index (χ2v) is 8.23. The van der Waals surface area contributed by atoms with Gasteiger partial charge < -0.3 is 14.5 Å². The maximum Gasteiger partial charge on any atom is 0.227 e. The second kappa shape index (κ2) is 8.44. The summed E-state index contributed by atoms with van der Waals surface area (Å²) in [6.45, 7) is 3.50. The summed E-state index contributed by atoms with van der Waals surface area (Å²) in [5.41, 5.74) is 4.96. The summed E-state index contributed by atoms with van der Waals surface area (Å²) in [7, 11) is 5.74. The molecule has 0 saturated carbocycles. The molecule has 0 spiro atoms. The van der Waals surface area contributed by atoms with E-state index in [9.17, 15) is 4.79 Å². The van der Waals surface area contributed by atoms with Crippen molar-refractivity contribution in [2.75, 3.05) is 27.7 Å². The van der Waals surface area contributed by atoms with Crippen LogP contribution in [0.5, 0.6) is 5.75 Å². The topological polar surface area (TPSA) is 63.0 Å². The van der Waals surface area contributed by atoms with E-state index in [-0.39, 0.29) is 11.9 Å². The molecule has 1 saturated heterocycles. The third-order valence-corrected chi connectivity index (χ3v) is 5.61.